The van der Waals surface area contributed by atoms with E-state index < -0.39 is 0 Å². The average Bonchev–Trinajstić information content (AvgIpc) is 2.30. The molecule has 0 radical (unpaired) electrons. The third kappa shape index (κ3) is 0.721. The molecule has 0 aromatic carbocycles. The number of hydrogen-bond acceptors (Lipinski definition) is 3. The van der Waals surface area contributed by atoms with Gasteiger partial charge in [0.1, 0.15) is 6.07 Å². The first kappa shape index (κ1) is 6.31. The molecule has 1 rings (SSSR count). The number of aromatic amines is 1. The minimum absolute atomic E-state index is 0.0417. The Labute approximate surface area is 57.7 Å². The van der Waals surface area contributed by atoms with E-state index in [1.807, 2.05) is 6.07 Å². The third-order valence-electron chi connectivity index (χ3n) is 1.13. The first-order valence-electron chi connectivity index (χ1n) is 2.59. The topological polar surface area (TPSA) is 80.6 Å². The van der Waals surface area contributed by atoms with E-state index in [0.717, 1.165) is 0 Å². The highest BCUT2D eigenvalue weighted by Crippen LogP contribution is 2.09. The third-order valence-corrected chi connectivity index (χ3v) is 1.13. The van der Waals surface area contributed by atoms with Crippen molar-refractivity contribution in [2.24, 2.45) is 0 Å². The minimum Gasteiger partial charge on any atom is -0.197 e. The molecule has 1 N–H and O–H groups in total. The maximum atomic E-state index is 8.44. The van der Waals surface area contributed by atoms with Gasteiger partial charge in [-0.2, -0.15) is 10.4 Å². The highest BCUT2D eigenvalue weighted by atomic mass is 15.2. The Hall–Kier alpha value is -1.82. The van der Waals surface area contributed by atoms with E-state index in [2.05, 4.69) is 15.2 Å². The molecule has 0 saturated heterocycles. The largest absolute Gasteiger partial charge is 0.504 e. The van der Waals surface area contributed by atoms with Crippen LogP contribution in [0, 0.1) is 16.7 Å². The molecule has 0 unspecified atom stereocenters. The lowest BCUT2D eigenvalue weighted by molar-refractivity contribution is 1.12. The summed E-state index contributed by atoms with van der Waals surface area (Å²) in [5.74, 6) is 0.0417. The molecule has 0 aliphatic heterocycles. The fourth-order valence-corrected chi connectivity index (χ4v) is 0.623. The number of hydrogen-bond donors (Lipinski definition) is 1. The van der Waals surface area contributed by atoms with Crippen molar-refractivity contribution in [3.8, 4) is 6.07 Å². The van der Waals surface area contributed by atoms with Crippen molar-refractivity contribution >= 4 is 19.3 Å². The van der Waals surface area contributed by atoms with Crippen LogP contribution in [0.3, 0.4) is 0 Å². The standard InChI is InChI=1S/C4H3BN5/c5-3-2(1-6)4(8-7)10-9-3/h5H2,(H,9,10)/q+1. The second-order valence-electron chi connectivity index (χ2n) is 1.76. The fourth-order valence-electron chi connectivity index (χ4n) is 0.623. The van der Waals surface area contributed by atoms with Crippen LogP contribution in [0.4, 0.5) is 5.82 Å². The summed E-state index contributed by atoms with van der Waals surface area (Å²) in [5.41, 5.74) is 0.887. The summed E-state index contributed by atoms with van der Waals surface area (Å²) in [6, 6.07) is 1.85. The summed E-state index contributed by atoms with van der Waals surface area (Å²) in [7, 11) is 1.68. The smallest absolute Gasteiger partial charge is 0.197 e. The first-order chi connectivity index (χ1) is 4.79. The monoisotopic (exact) mass is 132 g/mol. The number of nitrogens with one attached hydrogen (secondary N) is 1. The van der Waals surface area contributed by atoms with Gasteiger partial charge in [-0.25, -0.2) is 0 Å². The molecule has 6 heteroatoms. The van der Waals surface area contributed by atoms with Gasteiger partial charge in [-0.1, -0.05) is 0 Å². The van der Waals surface area contributed by atoms with Crippen LogP contribution < -0.4 is 5.59 Å². The van der Waals surface area contributed by atoms with Crippen molar-refractivity contribution in [1.82, 2.24) is 10.2 Å². The molecule has 0 aliphatic rings. The van der Waals surface area contributed by atoms with E-state index in [0.29, 0.717) is 5.59 Å². The van der Waals surface area contributed by atoms with E-state index in [-0.39, 0.29) is 11.4 Å². The molecule has 0 atom stereocenters. The van der Waals surface area contributed by atoms with Gasteiger partial charge in [0.2, 0.25) is 0 Å². The maximum absolute atomic E-state index is 8.44. The van der Waals surface area contributed by atoms with E-state index >= 15 is 0 Å². The van der Waals surface area contributed by atoms with Gasteiger partial charge in [0.15, 0.2) is 13.4 Å². The Bertz CT molecular complexity index is 326. The van der Waals surface area contributed by atoms with Crippen LogP contribution in [0.5, 0.6) is 0 Å². The van der Waals surface area contributed by atoms with Crippen molar-refractivity contribution < 1.29 is 0 Å². The zero-order chi connectivity index (χ0) is 7.56. The van der Waals surface area contributed by atoms with Crippen molar-refractivity contribution in [1.29, 1.82) is 10.7 Å². The Morgan fingerprint density at radius 3 is 2.80 bits per heavy atom. The average molecular weight is 132 g/mol. The molecule has 0 aliphatic carbocycles. The maximum Gasteiger partial charge on any atom is 0.504 e. The van der Waals surface area contributed by atoms with Gasteiger partial charge >= 0.3 is 5.82 Å². The lowest BCUT2D eigenvalue weighted by atomic mass is 10.0. The number of nitriles is 1. The van der Waals surface area contributed by atoms with Crippen LogP contribution in [-0.4, -0.2) is 18.0 Å². The molecule has 1 aromatic rings. The summed E-state index contributed by atoms with van der Waals surface area (Å²) in [6.07, 6.45) is 0. The number of nitrogens with zero attached hydrogens (tertiary/aromatic N) is 4. The summed E-state index contributed by atoms with van der Waals surface area (Å²) in [5, 5.41) is 22.7. The first-order valence-corrected chi connectivity index (χ1v) is 2.59. The van der Waals surface area contributed by atoms with E-state index in [4.69, 9.17) is 10.7 Å². The SMILES string of the molecule is Bc1[nH]nc([N+]#N)c1C#N. The number of H-pyrrole nitrogens is 1. The second kappa shape index (κ2) is 2.20. The zero-order valence-electron chi connectivity index (χ0n) is 5.29. The van der Waals surface area contributed by atoms with Crippen molar-refractivity contribution in [3.05, 3.63) is 10.5 Å². The van der Waals surface area contributed by atoms with Gasteiger partial charge in [-0.3, -0.25) is 0 Å². The van der Waals surface area contributed by atoms with Gasteiger partial charge in [0, 0.05) is 10.6 Å². The van der Waals surface area contributed by atoms with Gasteiger partial charge in [-0.05, 0) is 0 Å². The molecule has 0 bridgehead atoms. The van der Waals surface area contributed by atoms with Gasteiger partial charge in [0.05, 0.1) is 10.5 Å². The molecular formula is C4H3BN5+. The number of rotatable bonds is 0. The normalized spacial score (nSPS) is 8.20. The summed E-state index contributed by atoms with van der Waals surface area (Å²) < 4.78 is 0. The fraction of sp³-hybridized carbons (Fsp3) is 0. The Kier molecular flexibility index (Phi) is 1.39. The highest BCUT2D eigenvalue weighted by Gasteiger charge is 2.19. The molecule has 0 spiro atoms. The Morgan fingerprint density at radius 1 is 1.70 bits per heavy atom. The van der Waals surface area contributed by atoms with Crippen LogP contribution in [0.25, 0.3) is 4.98 Å². The Balaban J connectivity index is 3.34. The van der Waals surface area contributed by atoms with Gasteiger partial charge < -0.3 is 0 Å². The van der Waals surface area contributed by atoms with Crippen molar-refractivity contribution in [2.45, 2.75) is 0 Å². The predicted octanol–water partition coefficient (Wildman–Crippen LogP) is -0.976. The molecule has 10 heavy (non-hydrogen) atoms. The van der Waals surface area contributed by atoms with Crippen LogP contribution >= 0.6 is 0 Å². The molecule has 1 aromatic heterocycles. The quantitative estimate of drug-likeness (QED) is 0.364. The van der Waals surface area contributed by atoms with Gasteiger partial charge in [-0.15, -0.1) is 0 Å². The molecule has 5 nitrogen and oxygen atoms in total. The number of diazo groups is 1. The van der Waals surface area contributed by atoms with Gasteiger partial charge in [0.25, 0.3) is 0 Å². The van der Waals surface area contributed by atoms with Crippen LogP contribution in [-0.2, 0) is 0 Å². The van der Waals surface area contributed by atoms with Crippen LogP contribution in [0.1, 0.15) is 5.56 Å². The molecule has 0 fully saturated rings. The molecule has 1 heterocycles. The summed E-state index contributed by atoms with van der Waals surface area (Å²) in [6.45, 7) is 0. The molecule has 0 amide bonds. The molecular weight excluding hydrogens is 129 g/mol. The van der Waals surface area contributed by atoms with Crippen molar-refractivity contribution in [2.75, 3.05) is 0 Å². The lowest BCUT2D eigenvalue weighted by Crippen LogP contribution is -2.06. The van der Waals surface area contributed by atoms with Crippen LogP contribution in [0.15, 0.2) is 0 Å². The lowest BCUT2D eigenvalue weighted by Gasteiger charge is -1.71. The van der Waals surface area contributed by atoms with E-state index in [9.17, 15) is 0 Å². The van der Waals surface area contributed by atoms with E-state index in [1.54, 1.807) is 7.85 Å². The second-order valence-corrected chi connectivity index (χ2v) is 1.76. The molecule has 46 valence electrons. The Morgan fingerprint density at radius 2 is 2.40 bits per heavy atom. The zero-order valence-corrected chi connectivity index (χ0v) is 5.29. The summed E-state index contributed by atoms with van der Waals surface area (Å²) in [4.78, 5) is 2.80. The number of aromatic nitrogens is 2. The highest BCUT2D eigenvalue weighted by molar-refractivity contribution is 6.32. The molecule has 0 saturated carbocycles. The summed E-state index contributed by atoms with van der Waals surface area (Å²) >= 11 is 0. The van der Waals surface area contributed by atoms with Crippen LogP contribution in [0.2, 0.25) is 0 Å². The predicted molar refractivity (Wildman–Crippen MR) is 36.2 cm³/mol. The van der Waals surface area contributed by atoms with Crippen molar-refractivity contribution in [3.63, 3.8) is 0 Å². The minimum atomic E-state index is 0.0417. The van der Waals surface area contributed by atoms with E-state index in [1.165, 1.54) is 0 Å².